The molecule has 0 spiro atoms. The number of hydrogen-bond acceptors (Lipinski definition) is 4. The molecule has 0 amide bonds. The third-order valence-corrected chi connectivity index (χ3v) is 6.88. The van der Waals surface area contributed by atoms with E-state index in [1.807, 2.05) is 24.3 Å². The predicted molar refractivity (Wildman–Crippen MR) is 144 cm³/mol. The third kappa shape index (κ3) is 6.79. The average molecular weight is 828 g/mol. The zero-order valence-corrected chi connectivity index (χ0v) is 23.7. The summed E-state index contributed by atoms with van der Waals surface area (Å²) in [5.41, 5.74) is 3.21. The second-order valence-corrected chi connectivity index (χ2v) is 10.6. The molecule has 2 aromatic rings. The summed E-state index contributed by atoms with van der Waals surface area (Å²) in [5, 5.41) is 0. The molecule has 0 N–H and O–H groups in total. The van der Waals surface area contributed by atoms with Crippen LogP contribution in [-0.2, 0) is 16.0 Å². The lowest BCUT2D eigenvalue weighted by Crippen LogP contribution is -2.05. The molecule has 0 aliphatic carbocycles. The molecule has 0 aliphatic heterocycles. The molecule has 0 aliphatic rings. The van der Waals surface area contributed by atoms with E-state index in [4.69, 9.17) is 9.47 Å². The van der Waals surface area contributed by atoms with Crippen LogP contribution >= 0.6 is 90.4 Å². The molecule has 4 nitrogen and oxygen atoms in total. The molecule has 28 heavy (non-hydrogen) atoms. The van der Waals surface area contributed by atoms with Crippen LogP contribution in [0.3, 0.4) is 0 Å². The van der Waals surface area contributed by atoms with Crippen LogP contribution in [0.5, 0.6) is 11.5 Å². The molecule has 2 aromatic carbocycles. The number of hydrogen-bond donors (Lipinski definition) is 0. The van der Waals surface area contributed by atoms with E-state index >= 15 is 0 Å². The van der Waals surface area contributed by atoms with E-state index in [-0.39, 0.29) is 11.9 Å². The highest BCUT2D eigenvalue weighted by atomic mass is 127. The SMILES string of the molecule is C=C(CCc1cc(I)c(OC(C)=O)c(I)c1)c1cc(I)c(OC(C)=O)c(I)c1. The number of halogens is 4. The van der Waals surface area contributed by atoms with Gasteiger partial charge in [-0.1, -0.05) is 6.58 Å². The van der Waals surface area contributed by atoms with Crippen molar-refractivity contribution >= 4 is 108 Å². The van der Waals surface area contributed by atoms with Crippen LogP contribution in [0.2, 0.25) is 0 Å². The van der Waals surface area contributed by atoms with Crippen molar-refractivity contribution in [1.29, 1.82) is 0 Å². The summed E-state index contributed by atoms with van der Waals surface area (Å²) >= 11 is 8.72. The second-order valence-electron chi connectivity index (χ2n) is 5.95. The fourth-order valence-electron chi connectivity index (χ4n) is 2.44. The Kier molecular flexibility index (Phi) is 9.45. The van der Waals surface area contributed by atoms with Crippen molar-refractivity contribution in [3.8, 4) is 11.5 Å². The van der Waals surface area contributed by atoms with Crippen LogP contribution in [0.1, 0.15) is 31.4 Å². The van der Waals surface area contributed by atoms with Crippen molar-refractivity contribution in [1.82, 2.24) is 0 Å². The Morgan fingerprint density at radius 1 is 0.821 bits per heavy atom. The molecule has 0 bridgehead atoms. The van der Waals surface area contributed by atoms with Gasteiger partial charge in [-0.2, -0.15) is 0 Å². The van der Waals surface area contributed by atoms with Crippen LogP contribution in [-0.4, -0.2) is 11.9 Å². The molecular weight excluding hydrogens is 812 g/mol. The van der Waals surface area contributed by atoms with E-state index < -0.39 is 0 Å². The standard InChI is InChI=1S/C20H16I4O4/c1-10(14-8-17(23)20(18(24)9-14)28-12(3)26)4-5-13-6-15(21)19(16(22)7-13)27-11(2)25/h6-9H,1,4-5H2,2-3H3. The summed E-state index contributed by atoms with van der Waals surface area (Å²) < 4.78 is 14.2. The molecule has 0 unspecified atom stereocenters. The normalized spacial score (nSPS) is 10.5. The minimum Gasteiger partial charge on any atom is -0.424 e. The van der Waals surface area contributed by atoms with Crippen molar-refractivity contribution in [3.63, 3.8) is 0 Å². The molecule has 0 heterocycles. The van der Waals surface area contributed by atoms with E-state index in [1.54, 1.807) is 0 Å². The van der Waals surface area contributed by atoms with Crippen molar-refractivity contribution in [3.05, 3.63) is 56.3 Å². The van der Waals surface area contributed by atoms with Crippen LogP contribution < -0.4 is 9.47 Å². The molecule has 2 rings (SSSR count). The first kappa shape index (κ1) is 24.3. The zero-order valence-electron chi connectivity index (χ0n) is 15.1. The smallest absolute Gasteiger partial charge is 0.308 e. The van der Waals surface area contributed by atoms with Crippen LogP contribution in [0.25, 0.3) is 5.57 Å². The van der Waals surface area contributed by atoms with Gasteiger partial charge in [0.05, 0.1) is 14.3 Å². The molecule has 148 valence electrons. The maximum absolute atomic E-state index is 11.3. The molecule has 0 saturated heterocycles. The van der Waals surface area contributed by atoms with Crippen LogP contribution in [0.15, 0.2) is 30.8 Å². The lowest BCUT2D eigenvalue weighted by atomic mass is 9.99. The summed E-state index contributed by atoms with van der Waals surface area (Å²) in [5.74, 6) is 0.555. The Hall–Kier alpha value is 0.0400. The Labute approximate surface area is 218 Å². The number of carbonyl (C=O) groups excluding carboxylic acids is 2. The van der Waals surface area contributed by atoms with Gasteiger partial charge in [0.15, 0.2) is 11.5 Å². The molecule has 0 fully saturated rings. The van der Waals surface area contributed by atoms with Gasteiger partial charge in [-0.15, -0.1) is 0 Å². The average Bonchev–Trinajstić information content (AvgIpc) is 2.58. The summed E-state index contributed by atoms with van der Waals surface area (Å²) in [6.07, 6.45) is 1.61. The highest BCUT2D eigenvalue weighted by molar-refractivity contribution is 14.1. The fraction of sp³-hybridized carbons (Fsp3) is 0.200. The first-order valence-electron chi connectivity index (χ1n) is 8.10. The van der Waals surface area contributed by atoms with Gasteiger partial charge in [-0.3, -0.25) is 9.59 Å². The van der Waals surface area contributed by atoms with Crippen molar-refractivity contribution in [2.24, 2.45) is 0 Å². The largest absolute Gasteiger partial charge is 0.424 e. The van der Waals surface area contributed by atoms with Gasteiger partial charge in [0.25, 0.3) is 0 Å². The van der Waals surface area contributed by atoms with Crippen LogP contribution in [0.4, 0.5) is 0 Å². The summed E-state index contributed by atoms with van der Waals surface area (Å²) in [6.45, 7) is 7.03. The second kappa shape index (κ2) is 10.9. The van der Waals surface area contributed by atoms with Gasteiger partial charge in [0, 0.05) is 13.8 Å². The molecule has 0 saturated carbocycles. The maximum Gasteiger partial charge on any atom is 0.308 e. The van der Waals surface area contributed by atoms with Crippen LogP contribution in [0, 0.1) is 14.3 Å². The Morgan fingerprint density at radius 3 is 1.61 bits per heavy atom. The van der Waals surface area contributed by atoms with Gasteiger partial charge in [0.2, 0.25) is 0 Å². The van der Waals surface area contributed by atoms with E-state index in [1.165, 1.54) is 13.8 Å². The monoisotopic (exact) mass is 828 g/mol. The molecule has 0 atom stereocenters. The number of benzene rings is 2. The van der Waals surface area contributed by atoms with E-state index in [0.29, 0.717) is 11.5 Å². The fourth-order valence-corrected chi connectivity index (χ4v) is 6.55. The molecular formula is C20H16I4O4. The summed E-state index contributed by atoms with van der Waals surface area (Å²) in [7, 11) is 0. The van der Waals surface area contributed by atoms with E-state index in [9.17, 15) is 9.59 Å². The zero-order chi connectivity index (χ0) is 21.0. The van der Waals surface area contributed by atoms with Crippen molar-refractivity contribution < 1.29 is 19.1 Å². The maximum atomic E-state index is 11.3. The van der Waals surface area contributed by atoms with Gasteiger partial charge in [-0.05, 0) is 144 Å². The minimum atomic E-state index is -0.330. The van der Waals surface area contributed by atoms with Gasteiger partial charge in [-0.25, -0.2) is 0 Å². The molecule has 0 radical (unpaired) electrons. The quantitative estimate of drug-likeness (QED) is 0.187. The van der Waals surface area contributed by atoms with Crippen molar-refractivity contribution in [2.45, 2.75) is 26.7 Å². The highest BCUT2D eigenvalue weighted by Crippen LogP contribution is 2.33. The first-order chi connectivity index (χ1) is 13.1. The minimum absolute atomic E-state index is 0.321. The number of carbonyl (C=O) groups is 2. The number of aryl methyl sites for hydroxylation is 1. The lowest BCUT2D eigenvalue weighted by Gasteiger charge is -2.13. The molecule has 8 heteroatoms. The summed E-state index contributed by atoms with van der Waals surface area (Å²) in [4.78, 5) is 22.5. The third-order valence-electron chi connectivity index (χ3n) is 3.67. The Morgan fingerprint density at radius 2 is 1.21 bits per heavy atom. The number of ether oxygens (including phenoxy) is 2. The van der Waals surface area contributed by atoms with E-state index in [2.05, 4.69) is 96.9 Å². The number of esters is 2. The number of rotatable bonds is 6. The lowest BCUT2D eigenvalue weighted by molar-refractivity contribution is -0.132. The van der Waals surface area contributed by atoms with Gasteiger partial charge in [0.1, 0.15) is 0 Å². The van der Waals surface area contributed by atoms with Gasteiger partial charge < -0.3 is 9.47 Å². The summed E-state index contributed by atoms with van der Waals surface area (Å²) in [6, 6.07) is 8.04. The molecule has 0 aromatic heterocycles. The van der Waals surface area contributed by atoms with Gasteiger partial charge >= 0.3 is 11.9 Å². The first-order valence-corrected chi connectivity index (χ1v) is 12.4. The van der Waals surface area contributed by atoms with E-state index in [0.717, 1.165) is 43.8 Å². The topological polar surface area (TPSA) is 52.6 Å². The number of allylic oxidation sites excluding steroid dienone is 1. The Balaban J connectivity index is 2.14. The van der Waals surface area contributed by atoms with Crippen molar-refractivity contribution in [2.75, 3.05) is 0 Å². The Bertz CT molecular complexity index is 907. The predicted octanol–water partition coefficient (Wildman–Crippen LogP) is 6.60. The highest BCUT2D eigenvalue weighted by Gasteiger charge is 2.14.